The van der Waals surface area contributed by atoms with Gasteiger partial charge in [0.15, 0.2) is 5.78 Å². The Bertz CT molecular complexity index is 2090. The Morgan fingerprint density at radius 1 is 0.524 bits per heavy atom. The van der Waals surface area contributed by atoms with Gasteiger partial charge in [-0.15, -0.1) is 0 Å². The maximum Gasteiger partial charge on any atom is 0.326 e. The first-order chi connectivity index (χ1) is 40.4. The first kappa shape index (κ1) is 73.8. The molecular weight excluding hydrogens is 1090 g/mol. The molecule has 0 aliphatic heterocycles. The second-order valence-electron chi connectivity index (χ2n) is 21.5. The van der Waals surface area contributed by atoms with E-state index in [-0.39, 0.29) is 114 Å². The van der Waals surface area contributed by atoms with Gasteiger partial charge >= 0.3 is 11.9 Å². The van der Waals surface area contributed by atoms with E-state index in [1.54, 1.807) is 12.1 Å². The number of aromatic hydroxyl groups is 1. The van der Waals surface area contributed by atoms with Crippen molar-refractivity contribution in [3.8, 4) is 5.75 Å². The Labute approximate surface area is 494 Å². The van der Waals surface area contributed by atoms with Gasteiger partial charge in [-0.3, -0.25) is 48.5 Å². The maximum absolute atomic E-state index is 13.0. The number of carboxylic acids is 2. The van der Waals surface area contributed by atoms with Crippen LogP contribution in [0.15, 0.2) is 24.3 Å². The Balaban J connectivity index is 1.42. The lowest BCUT2D eigenvalue weighted by Gasteiger charge is -2.28. The predicted octanol–water partition coefficient (Wildman–Crippen LogP) is 2.98. The van der Waals surface area contributed by atoms with E-state index in [2.05, 4.69) is 31.9 Å². The van der Waals surface area contributed by atoms with Crippen molar-refractivity contribution in [3.63, 3.8) is 0 Å². The molecule has 0 aromatic heterocycles. The number of phenolic OH excluding ortho intramolecular Hbond substituents is 1. The van der Waals surface area contributed by atoms with Gasteiger partial charge in [0.1, 0.15) is 25.0 Å². The summed E-state index contributed by atoms with van der Waals surface area (Å²) in [5.74, 6) is -5.95. The molecule has 1 fully saturated rings. The molecule has 25 heteroatoms. The zero-order valence-electron chi connectivity index (χ0n) is 49.3. The van der Waals surface area contributed by atoms with Gasteiger partial charge in [0, 0.05) is 44.8 Å². The molecule has 3 atom stereocenters. The molecule has 1 aliphatic carbocycles. The van der Waals surface area contributed by atoms with Crippen molar-refractivity contribution in [1.82, 2.24) is 31.9 Å². The summed E-state index contributed by atoms with van der Waals surface area (Å²) in [6.07, 6.45) is 21.5. The number of ketones is 1. The van der Waals surface area contributed by atoms with E-state index in [0.717, 1.165) is 51.4 Å². The Kier molecular flexibility index (Phi) is 41.3. The van der Waals surface area contributed by atoms with Crippen LogP contribution < -0.4 is 43.4 Å². The largest absolute Gasteiger partial charge is 0.508 e. The summed E-state index contributed by atoms with van der Waals surface area (Å²) in [5, 5.41) is 44.0. The molecule has 476 valence electrons. The average molecular weight is 1190 g/mol. The lowest BCUT2D eigenvalue weighted by molar-refractivity contribution is -0.143. The zero-order valence-corrected chi connectivity index (χ0v) is 49.3. The van der Waals surface area contributed by atoms with Gasteiger partial charge in [-0.1, -0.05) is 102 Å². The van der Waals surface area contributed by atoms with Crippen LogP contribution in [-0.4, -0.2) is 172 Å². The lowest BCUT2D eigenvalue weighted by atomic mass is 9.81. The van der Waals surface area contributed by atoms with Crippen molar-refractivity contribution >= 4 is 59.1 Å². The molecule has 84 heavy (non-hydrogen) atoms. The summed E-state index contributed by atoms with van der Waals surface area (Å²) in [5.41, 5.74) is 11.4. The fourth-order valence-electron chi connectivity index (χ4n) is 9.44. The number of rotatable bonds is 53. The highest BCUT2D eigenvalue weighted by molar-refractivity contribution is 5.94. The van der Waals surface area contributed by atoms with Crippen molar-refractivity contribution in [3.05, 3.63) is 29.8 Å². The molecule has 25 nitrogen and oxygen atoms in total. The molecule has 13 N–H and O–H groups in total. The minimum atomic E-state index is -1.29. The van der Waals surface area contributed by atoms with E-state index in [1.807, 2.05) is 0 Å². The number of unbranched alkanes of at least 4 members (excludes halogenated alkanes) is 15. The number of nitrogens with one attached hydrogen (secondary N) is 6. The van der Waals surface area contributed by atoms with Crippen LogP contribution >= 0.6 is 0 Å². The van der Waals surface area contributed by atoms with Crippen LogP contribution in [-0.2, 0) is 73.3 Å². The minimum Gasteiger partial charge on any atom is -0.508 e. The highest BCUT2D eigenvalue weighted by atomic mass is 16.5. The second-order valence-corrected chi connectivity index (χ2v) is 21.5. The quantitative estimate of drug-likeness (QED) is 0.0418. The highest BCUT2D eigenvalue weighted by Gasteiger charge is 2.30. The molecule has 1 aromatic carbocycles. The van der Waals surface area contributed by atoms with Gasteiger partial charge < -0.3 is 72.3 Å². The van der Waals surface area contributed by atoms with Crippen LogP contribution in [0.1, 0.15) is 166 Å². The number of amides is 7. The number of benzene rings is 1. The fraction of sp³-hybridized carbons (Fsp3) is 0.729. The standard InChI is InChI=1S/C59H98N8O17/c60-51(70)38-48(50(69)40-64-49(57(61)77)37-43-21-25-46(68)26-22-43)66-55(74)42-84-36-34-82-32-30-63-54(73)41-83-35-33-81-31-29-62-53(72)28-27-47(59(79)80)67-58(78)45-23-19-44(20-24-45)39-65-52(71)17-15-13-11-9-7-5-3-1-2-4-6-8-10-12-14-16-18-56(75)76/h21-22,25-26,44-45,47-49,64,68H,1-20,23-24,27-42H2,(H2,60,70)(H2,61,77)(H,62,72)(H,63,73)(H,65,71)(H,66,74)(H,67,78)(H,75,76)(H,79,80)/t44?,45?,47?,48-,49-/m0/s1. The average Bonchev–Trinajstić information content (AvgIpc) is 3.47. The number of nitrogens with two attached hydrogens (primary N) is 2. The molecule has 1 aliphatic rings. The molecular formula is C59H98N8O17. The molecule has 1 saturated carbocycles. The SMILES string of the molecule is NC(=O)C[C@H](NC(=O)COCCOCCNC(=O)COCCOCCNC(=O)CCC(NC(=O)C1CCC(CNC(=O)CCCCCCCCCCCCCCCCCCC(=O)O)CC1)C(=O)O)C(=O)CN[C@@H](Cc1ccc(O)cc1)C(N)=O. The van der Waals surface area contributed by atoms with Gasteiger partial charge in [-0.25, -0.2) is 4.79 Å². The van der Waals surface area contributed by atoms with E-state index < -0.39 is 85.0 Å². The van der Waals surface area contributed by atoms with Gasteiger partial charge in [0.05, 0.1) is 64.7 Å². The van der Waals surface area contributed by atoms with Crippen LogP contribution in [0.2, 0.25) is 0 Å². The number of Topliss-reactive ketones (excluding diaryl/α,β-unsaturated/α-hetero) is 1. The molecule has 0 radical (unpaired) electrons. The topological polar surface area (TPSA) is 393 Å². The number of carbonyl (C=O) groups excluding carboxylic acids is 8. The van der Waals surface area contributed by atoms with Gasteiger partial charge in [-0.05, 0) is 75.0 Å². The molecule has 2 rings (SSSR count). The number of carboxylic acid groups (broad SMARTS) is 2. The van der Waals surface area contributed by atoms with Gasteiger partial charge in [0.2, 0.25) is 41.4 Å². The molecule has 0 spiro atoms. The number of aliphatic carboxylic acids is 2. The molecule has 0 bridgehead atoms. The van der Waals surface area contributed by atoms with Crippen molar-refractivity contribution in [2.45, 2.75) is 185 Å². The maximum atomic E-state index is 13.0. The number of ether oxygens (including phenoxy) is 4. The summed E-state index contributed by atoms with van der Waals surface area (Å²) >= 11 is 0. The molecule has 1 aromatic rings. The summed E-state index contributed by atoms with van der Waals surface area (Å²) in [6.45, 7) is 0.343. The third kappa shape index (κ3) is 39.3. The Hall–Kier alpha value is -6.28. The number of hydrogen-bond acceptors (Lipinski definition) is 16. The molecule has 0 heterocycles. The lowest BCUT2D eigenvalue weighted by Crippen LogP contribution is -2.51. The van der Waals surface area contributed by atoms with Crippen LogP contribution in [0.25, 0.3) is 0 Å². The van der Waals surface area contributed by atoms with Crippen molar-refractivity contribution in [1.29, 1.82) is 0 Å². The van der Waals surface area contributed by atoms with E-state index in [4.69, 9.17) is 35.5 Å². The van der Waals surface area contributed by atoms with E-state index in [9.17, 15) is 58.2 Å². The van der Waals surface area contributed by atoms with Gasteiger partial charge in [0.25, 0.3) is 0 Å². The smallest absolute Gasteiger partial charge is 0.326 e. The van der Waals surface area contributed by atoms with E-state index >= 15 is 0 Å². The minimum absolute atomic E-state index is 0.00545. The number of carbonyl (C=O) groups is 10. The predicted molar refractivity (Wildman–Crippen MR) is 311 cm³/mol. The Morgan fingerprint density at radius 3 is 1.52 bits per heavy atom. The fourth-order valence-corrected chi connectivity index (χ4v) is 9.44. The van der Waals surface area contributed by atoms with E-state index in [1.165, 1.54) is 76.3 Å². The first-order valence-electron chi connectivity index (χ1n) is 30.2. The zero-order chi connectivity index (χ0) is 61.6. The summed E-state index contributed by atoms with van der Waals surface area (Å²) in [6, 6.07) is 2.61. The molecule has 0 saturated heterocycles. The van der Waals surface area contributed by atoms with Crippen LogP contribution in [0.3, 0.4) is 0 Å². The summed E-state index contributed by atoms with van der Waals surface area (Å²) in [7, 11) is 0. The van der Waals surface area contributed by atoms with E-state index in [0.29, 0.717) is 31.4 Å². The number of hydrogen-bond donors (Lipinski definition) is 11. The second kappa shape index (κ2) is 47.0. The monoisotopic (exact) mass is 1190 g/mol. The Morgan fingerprint density at radius 2 is 1.01 bits per heavy atom. The van der Waals surface area contributed by atoms with Gasteiger partial charge in [-0.2, -0.15) is 0 Å². The highest BCUT2D eigenvalue weighted by Crippen LogP contribution is 2.29. The normalized spacial score (nSPS) is 15.0. The number of phenols is 1. The van der Waals surface area contributed by atoms with Crippen LogP contribution in [0.5, 0.6) is 5.75 Å². The third-order valence-electron chi connectivity index (χ3n) is 14.3. The summed E-state index contributed by atoms with van der Waals surface area (Å²) < 4.78 is 21.4. The van der Waals surface area contributed by atoms with Crippen LogP contribution in [0, 0.1) is 11.8 Å². The molecule has 7 amide bonds. The third-order valence-corrected chi connectivity index (χ3v) is 14.3. The summed E-state index contributed by atoms with van der Waals surface area (Å²) in [4.78, 5) is 121. The van der Waals surface area contributed by atoms with Crippen molar-refractivity contribution < 1.29 is 82.2 Å². The van der Waals surface area contributed by atoms with Crippen molar-refractivity contribution in [2.75, 3.05) is 79.0 Å². The number of primary amides is 2. The molecule has 1 unspecified atom stereocenters. The van der Waals surface area contributed by atoms with Crippen molar-refractivity contribution in [2.24, 2.45) is 23.3 Å². The first-order valence-corrected chi connectivity index (χ1v) is 30.2. The van der Waals surface area contributed by atoms with Crippen LogP contribution in [0.4, 0.5) is 0 Å².